The first-order valence-electron chi connectivity index (χ1n) is 7.70. The Kier molecular flexibility index (Phi) is 5.17. The summed E-state index contributed by atoms with van der Waals surface area (Å²) in [6, 6.07) is 5.66. The number of nitrogens with one attached hydrogen (secondary N) is 1. The molecule has 1 saturated heterocycles. The van der Waals surface area contributed by atoms with Crippen molar-refractivity contribution in [2.75, 3.05) is 24.2 Å². The molecule has 0 radical (unpaired) electrons. The van der Waals surface area contributed by atoms with Crippen molar-refractivity contribution in [3.05, 3.63) is 18.2 Å². The van der Waals surface area contributed by atoms with Crippen LogP contribution in [0, 0.1) is 0 Å². The monoisotopic (exact) mass is 349 g/mol. The standard InChI is InChI=1S/C16H19N3O2S2/c1-11(20)17-12-5-6-13-14(9-12)23-16(18-13)22-10-15(21)19-7-3-2-4-8-19/h5-6,9H,2-4,7-8,10H2,1H3,(H,17,20). The minimum atomic E-state index is -0.0874. The second-order valence-electron chi connectivity index (χ2n) is 5.57. The number of amides is 2. The lowest BCUT2D eigenvalue weighted by Crippen LogP contribution is -2.36. The van der Waals surface area contributed by atoms with Crippen molar-refractivity contribution >= 4 is 50.8 Å². The molecule has 1 aliphatic rings. The molecule has 2 heterocycles. The predicted molar refractivity (Wildman–Crippen MR) is 95.1 cm³/mol. The van der Waals surface area contributed by atoms with Gasteiger partial charge < -0.3 is 10.2 Å². The van der Waals surface area contributed by atoms with Crippen LogP contribution in [-0.4, -0.2) is 40.5 Å². The number of nitrogens with zero attached hydrogens (tertiary/aromatic N) is 2. The SMILES string of the molecule is CC(=O)Nc1ccc2nc(SCC(=O)N3CCCCC3)sc2c1. The highest BCUT2D eigenvalue weighted by molar-refractivity contribution is 8.01. The maximum Gasteiger partial charge on any atom is 0.233 e. The summed E-state index contributed by atoms with van der Waals surface area (Å²) in [7, 11) is 0. The van der Waals surface area contributed by atoms with Gasteiger partial charge in [-0.2, -0.15) is 0 Å². The van der Waals surface area contributed by atoms with Crippen molar-refractivity contribution in [2.45, 2.75) is 30.5 Å². The molecule has 2 aromatic rings. The lowest BCUT2D eigenvalue weighted by Gasteiger charge is -2.26. The van der Waals surface area contributed by atoms with Crippen molar-refractivity contribution in [2.24, 2.45) is 0 Å². The van der Waals surface area contributed by atoms with Crippen LogP contribution in [0.2, 0.25) is 0 Å². The number of benzene rings is 1. The van der Waals surface area contributed by atoms with Crippen LogP contribution in [0.4, 0.5) is 5.69 Å². The van der Waals surface area contributed by atoms with Gasteiger partial charge in [-0.3, -0.25) is 9.59 Å². The van der Waals surface area contributed by atoms with E-state index in [0.29, 0.717) is 5.75 Å². The number of likely N-dealkylation sites (tertiary alicyclic amines) is 1. The van der Waals surface area contributed by atoms with Crippen molar-refractivity contribution < 1.29 is 9.59 Å². The zero-order chi connectivity index (χ0) is 16.2. The highest BCUT2D eigenvalue weighted by Crippen LogP contribution is 2.31. The van der Waals surface area contributed by atoms with Gasteiger partial charge in [0.25, 0.3) is 0 Å². The normalized spacial score (nSPS) is 14.9. The predicted octanol–water partition coefficient (Wildman–Crippen LogP) is 3.36. The molecule has 3 rings (SSSR count). The summed E-state index contributed by atoms with van der Waals surface area (Å²) >= 11 is 3.05. The maximum absolute atomic E-state index is 12.2. The number of anilines is 1. The number of aromatic nitrogens is 1. The Morgan fingerprint density at radius 1 is 1.30 bits per heavy atom. The second kappa shape index (κ2) is 7.31. The summed E-state index contributed by atoms with van der Waals surface area (Å²) in [5.74, 6) is 0.557. The van der Waals surface area contributed by atoms with Gasteiger partial charge in [0.1, 0.15) is 0 Å². The molecule has 0 aliphatic carbocycles. The van der Waals surface area contributed by atoms with Crippen LogP contribution in [0.3, 0.4) is 0 Å². The molecule has 7 heteroatoms. The van der Waals surface area contributed by atoms with E-state index in [0.717, 1.165) is 46.2 Å². The van der Waals surface area contributed by atoms with Gasteiger partial charge >= 0.3 is 0 Å². The number of carbonyl (C=O) groups excluding carboxylic acids is 2. The number of hydrogen-bond donors (Lipinski definition) is 1. The van der Waals surface area contributed by atoms with Crippen LogP contribution >= 0.6 is 23.1 Å². The highest BCUT2D eigenvalue weighted by atomic mass is 32.2. The summed E-state index contributed by atoms with van der Waals surface area (Å²) in [6.07, 6.45) is 3.46. The van der Waals surface area contributed by atoms with Gasteiger partial charge in [0.15, 0.2) is 4.34 Å². The molecular formula is C16H19N3O2S2. The lowest BCUT2D eigenvalue weighted by atomic mass is 10.1. The van der Waals surface area contributed by atoms with Crippen LogP contribution in [0.5, 0.6) is 0 Å². The molecule has 0 unspecified atom stereocenters. The third-order valence-electron chi connectivity index (χ3n) is 3.72. The molecule has 0 atom stereocenters. The summed E-state index contributed by atoms with van der Waals surface area (Å²) in [5.41, 5.74) is 1.67. The zero-order valence-corrected chi connectivity index (χ0v) is 14.6. The second-order valence-corrected chi connectivity index (χ2v) is 7.83. The summed E-state index contributed by atoms with van der Waals surface area (Å²) in [6.45, 7) is 3.27. The third kappa shape index (κ3) is 4.23. The summed E-state index contributed by atoms with van der Waals surface area (Å²) in [5, 5.41) is 2.77. The smallest absolute Gasteiger partial charge is 0.233 e. The van der Waals surface area contributed by atoms with E-state index in [1.54, 1.807) is 11.3 Å². The van der Waals surface area contributed by atoms with Gasteiger partial charge in [-0.05, 0) is 37.5 Å². The largest absolute Gasteiger partial charge is 0.342 e. The Morgan fingerprint density at radius 2 is 2.09 bits per heavy atom. The average molecular weight is 349 g/mol. The minimum absolute atomic E-state index is 0.0874. The van der Waals surface area contributed by atoms with E-state index in [2.05, 4.69) is 10.3 Å². The highest BCUT2D eigenvalue weighted by Gasteiger charge is 2.17. The quantitative estimate of drug-likeness (QED) is 0.860. The Balaban J connectivity index is 1.63. The third-order valence-corrected chi connectivity index (χ3v) is 5.86. The van der Waals surface area contributed by atoms with Gasteiger partial charge in [0, 0.05) is 25.7 Å². The Labute approximate surface area is 143 Å². The molecule has 1 N–H and O–H groups in total. The number of piperidine rings is 1. The first-order valence-corrected chi connectivity index (χ1v) is 9.51. The number of carbonyl (C=O) groups is 2. The van der Waals surface area contributed by atoms with Gasteiger partial charge in [0.2, 0.25) is 11.8 Å². The van der Waals surface area contributed by atoms with E-state index >= 15 is 0 Å². The van der Waals surface area contributed by atoms with Crippen LogP contribution in [0.1, 0.15) is 26.2 Å². The van der Waals surface area contributed by atoms with E-state index in [1.165, 1.54) is 25.1 Å². The van der Waals surface area contributed by atoms with Crippen LogP contribution in [-0.2, 0) is 9.59 Å². The molecule has 0 saturated carbocycles. The van der Waals surface area contributed by atoms with Gasteiger partial charge in [-0.1, -0.05) is 11.8 Å². The molecule has 122 valence electrons. The topological polar surface area (TPSA) is 62.3 Å². The van der Waals surface area contributed by atoms with Crippen LogP contribution in [0.15, 0.2) is 22.5 Å². The van der Waals surface area contributed by atoms with E-state index in [1.807, 2.05) is 23.1 Å². The number of thiazole rings is 1. The van der Waals surface area contributed by atoms with Crippen molar-refractivity contribution in [1.82, 2.24) is 9.88 Å². The molecule has 1 aromatic carbocycles. The number of thioether (sulfide) groups is 1. The molecule has 0 spiro atoms. The van der Waals surface area contributed by atoms with Crippen molar-refractivity contribution in [3.8, 4) is 0 Å². The Hall–Kier alpha value is -1.60. The van der Waals surface area contributed by atoms with Crippen LogP contribution in [0.25, 0.3) is 10.2 Å². The van der Waals surface area contributed by atoms with Crippen molar-refractivity contribution in [1.29, 1.82) is 0 Å². The van der Waals surface area contributed by atoms with E-state index in [9.17, 15) is 9.59 Å². The Bertz CT molecular complexity index is 723. The molecule has 1 fully saturated rings. The zero-order valence-electron chi connectivity index (χ0n) is 13.0. The number of rotatable bonds is 4. The Morgan fingerprint density at radius 3 is 2.83 bits per heavy atom. The molecule has 1 aromatic heterocycles. The lowest BCUT2D eigenvalue weighted by molar-refractivity contribution is -0.129. The number of hydrogen-bond acceptors (Lipinski definition) is 5. The maximum atomic E-state index is 12.2. The molecule has 1 aliphatic heterocycles. The summed E-state index contributed by atoms with van der Waals surface area (Å²) in [4.78, 5) is 29.8. The molecule has 2 amide bonds. The number of fused-ring (bicyclic) bond motifs is 1. The average Bonchev–Trinajstić information content (AvgIpc) is 2.95. The van der Waals surface area contributed by atoms with E-state index < -0.39 is 0 Å². The van der Waals surface area contributed by atoms with Crippen LogP contribution < -0.4 is 5.32 Å². The summed E-state index contributed by atoms with van der Waals surface area (Å²) < 4.78 is 1.91. The van der Waals surface area contributed by atoms with Gasteiger partial charge in [-0.25, -0.2) is 4.98 Å². The molecule has 5 nitrogen and oxygen atoms in total. The van der Waals surface area contributed by atoms with Crippen molar-refractivity contribution in [3.63, 3.8) is 0 Å². The molecule has 0 bridgehead atoms. The molecular weight excluding hydrogens is 330 g/mol. The fourth-order valence-corrected chi connectivity index (χ4v) is 4.61. The van der Waals surface area contributed by atoms with E-state index in [-0.39, 0.29) is 11.8 Å². The van der Waals surface area contributed by atoms with E-state index in [4.69, 9.17) is 0 Å². The van der Waals surface area contributed by atoms with Gasteiger partial charge in [0.05, 0.1) is 16.0 Å². The van der Waals surface area contributed by atoms with Gasteiger partial charge in [-0.15, -0.1) is 11.3 Å². The fraction of sp³-hybridized carbons (Fsp3) is 0.438. The molecule has 23 heavy (non-hydrogen) atoms. The first-order chi connectivity index (χ1) is 11.1. The fourth-order valence-electron chi connectivity index (χ4n) is 2.60. The first kappa shape index (κ1) is 16.3. The minimum Gasteiger partial charge on any atom is -0.342 e.